The third-order valence-corrected chi connectivity index (χ3v) is 5.06. The molecule has 0 aromatic carbocycles. The molecule has 3 aliphatic rings. The van der Waals surface area contributed by atoms with Crippen molar-refractivity contribution in [2.75, 3.05) is 19.8 Å². The lowest BCUT2D eigenvalue weighted by Crippen LogP contribution is -2.52. The second-order valence-corrected chi connectivity index (χ2v) is 6.35. The zero-order valence-electron chi connectivity index (χ0n) is 12.1. The van der Waals surface area contributed by atoms with Crippen molar-refractivity contribution in [1.29, 1.82) is 0 Å². The number of aliphatic hydroxyl groups is 1. The van der Waals surface area contributed by atoms with Gasteiger partial charge in [0.15, 0.2) is 0 Å². The van der Waals surface area contributed by atoms with Crippen LogP contribution in [0.2, 0.25) is 0 Å². The lowest BCUT2D eigenvalue weighted by atomic mass is 10.1. The van der Waals surface area contributed by atoms with E-state index < -0.39 is 0 Å². The molecule has 3 atom stereocenters. The number of carbonyl (C=O) groups excluding carboxylic acids is 1. The van der Waals surface area contributed by atoms with Crippen molar-refractivity contribution in [2.24, 2.45) is 0 Å². The average molecular weight is 282 g/mol. The SMILES string of the molecule is O=C(N[C@@H]1CCC[C@@H]1O)[C@@H]1CCCN1C1CCOCC1. The summed E-state index contributed by atoms with van der Waals surface area (Å²) in [4.78, 5) is 14.9. The number of rotatable bonds is 3. The molecule has 0 bridgehead atoms. The first kappa shape index (κ1) is 14.3. The summed E-state index contributed by atoms with van der Waals surface area (Å²) >= 11 is 0. The fraction of sp³-hybridized carbons (Fsp3) is 0.933. The van der Waals surface area contributed by atoms with Gasteiger partial charge in [0.1, 0.15) is 0 Å². The molecule has 0 unspecified atom stereocenters. The third kappa shape index (κ3) is 3.00. The number of amides is 1. The van der Waals surface area contributed by atoms with Gasteiger partial charge in [-0.2, -0.15) is 0 Å². The molecule has 3 rings (SSSR count). The van der Waals surface area contributed by atoms with Gasteiger partial charge >= 0.3 is 0 Å². The minimum atomic E-state index is -0.350. The van der Waals surface area contributed by atoms with Crippen LogP contribution >= 0.6 is 0 Å². The first-order valence-electron chi connectivity index (χ1n) is 8.07. The molecule has 1 amide bonds. The Hall–Kier alpha value is -0.650. The smallest absolute Gasteiger partial charge is 0.237 e. The van der Waals surface area contributed by atoms with Gasteiger partial charge in [0.25, 0.3) is 0 Å². The summed E-state index contributed by atoms with van der Waals surface area (Å²) in [6, 6.07) is 0.473. The summed E-state index contributed by atoms with van der Waals surface area (Å²) in [7, 11) is 0. The average Bonchev–Trinajstić information content (AvgIpc) is 3.09. The normalized spacial score (nSPS) is 36.4. The highest BCUT2D eigenvalue weighted by Gasteiger charge is 2.37. The molecule has 2 heterocycles. The van der Waals surface area contributed by atoms with Crippen molar-refractivity contribution in [3.63, 3.8) is 0 Å². The Balaban J connectivity index is 1.58. The molecule has 114 valence electrons. The Bertz CT molecular complexity index is 344. The van der Waals surface area contributed by atoms with Crippen molar-refractivity contribution >= 4 is 5.91 Å². The second-order valence-electron chi connectivity index (χ2n) is 6.35. The van der Waals surface area contributed by atoms with E-state index in [1.54, 1.807) is 0 Å². The fourth-order valence-corrected chi connectivity index (χ4v) is 3.91. The van der Waals surface area contributed by atoms with Crippen molar-refractivity contribution in [3.05, 3.63) is 0 Å². The summed E-state index contributed by atoms with van der Waals surface area (Å²) in [6.07, 6.45) is 6.52. The van der Waals surface area contributed by atoms with E-state index in [1.165, 1.54) is 0 Å². The Labute approximate surface area is 120 Å². The molecular weight excluding hydrogens is 256 g/mol. The van der Waals surface area contributed by atoms with E-state index >= 15 is 0 Å². The number of nitrogens with one attached hydrogen (secondary N) is 1. The van der Waals surface area contributed by atoms with E-state index in [9.17, 15) is 9.90 Å². The molecule has 2 aliphatic heterocycles. The first-order valence-corrected chi connectivity index (χ1v) is 8.07. The predicted molar refractivity (Wildman–Crippen MR) is 75.4 cm³/mol. The highest BCUT2D eigenvalue weighted by molar-refractivity contribution is 5.82. The molecule has 1 saturated carbocycles. The second kappa shape index (κ2) is 6.41. The maximum Gasteiger partial charge on any atom is 0.237 e. The molecule has 2 N–H and O–H groups in total. The molecule has 0 aromatic rings. The van der Waals surface area contributed by atoms with Crippen molar-refractivity contribution < 1.29 is 14.6 Å². The van der Waals surface area contributed by atoms with Crippen LogP contribution < -0.4 is 5.32 Å². The monoisotopic (exact) mass is 282 g/mol. The number of nitrogens with zero attached hydrogens (tertiary/aromatic N) is 1. The molecule has 5 nitrogen and oxygen atoms in total. The largest absolute Gasteiger partial charge is 0.391 e. The van der Waals surface area contributed by atoms with Crippen LogP contribution in [0.25, 0.3) is 0 Å². The number of aliphatic hydroxyl groups excluding tert-OH is 1. The lowest BCUT2D eigenvalue weighted by molar-refractivity contribution is -0.128. The topological polar surface area (TPSA) is 61.8 Å². The summed E-state index contributed by atoms with van der Waals surface area (Å²) < 4.78 is 5.42. The van der Waals surface area contributed by atoms with Crippen LogP contribution in [-0.2, 0) is 9.53 Å². The van der Waals surface area contributed by atoms with E-state index in [0.717, 1.165) is 64.7 Å². The van der Waals surface area contributed by atoms with Crippen LogP contribution in [0.4, 0.5) is 0 Å². The van der Waals surface area contributed by atoms with Gasteiger partial charge in [-0.05, 0) is 51.5 Å². The van der Waals surface area contributed by atoms with Crippen LogP contribution in [0.1, 0.15) is 44.9 Å². The van der Waals surface area contributed by atoms with Gasteiger partial charge in [-0.1, -0.05) is 0 Å². The number of likely N-dealkylation sites (tertiary alicyclic amines) is 1. The van der Waals surface area contributed by atoms with Crippen LogP contribution in [0.3, 0.4) is 0 Å². The Morgan fingerprint density at radius 2 is 1.90 bits per heavy atom. The van der Waals surface area contributed by atoms with Gasteiger partial charge in [0.2, 0.25) is 5.91 Å². The molecule has 0 spiro atoms. The van der Waals surface area contributed by atoms with E-state index in [2.05, 4.69) is 10.2 Å². The molecule has 2 saturated heterocycles. The number of ether oxygens (including phenoxy) is 1. The predicted octanol–water partition coefficient (Wildman–Crippen LogP) is 0.659. The fourth-order valence-electron chi connectivity index (χ4n) is 3.91. The van der Waals surface area contributed by atoms with E-state index in [4.69, 9.17) is 4.74 Å². The summed E-state index contributed by atoms with van der Waals surface area (Å²) in [5.74, 6) is 0.125. The highest BCUT2D eigenvalue weighted by atomic mass is 16.5. The number of hydrogen-bond donors (Lipinski definition) is 2. The molecule has 3 fully saturated rings. The zero-order valence-corrected chi connectivity index (χ0v) is 12.1. The molecular formula is C15H26N2O3. The van der Waals surface area contributed by atoms with Crippen LogP contribution in [-0.4, -0.2) is 59.9 Å². The maximum absolute atomic E-state index is 12.5. The summed E-state index contributed by atoms with van der Waals surface area (Å²) in [5, 5.41) is 12.9. The van der Waals surface area contributed by atoms with Gasteiger partial charge in [-0.25, -0.2) is 0 Å². The molecule has 1 aliphatic carbocycles. The quantitative estimate of drug-likeness (QED) is 0.798. The van der Waals surface area contributed by atoms with Crippen LogP contribution in [0.5, 0.6) is 0 Å². The highest BCUT2D eigenvalue weighted by Crippen LogP contribution is 2.26. The van der Waals surface area contributed by atoms with Crippen molar-refractivity contribution in [3.8, 4) is 0 Å². The van der Waals surface area contributed by atoms with Crippen LogP contribution in [0.15, 0.2) is 0 Å². The lowest BCUT2D eigenvalue weighted by Gasteiger charge is -2.35. The Morgan fingerprint density at radius 1 is 1.10 bits per heavy atom. The van der Waals surface area contributed by atoms with Gasteiger partial charge in [-0.3, -0.25) is 9.69 Å². The summed E-state index contributed by atoms with van der Waals surface area (Å²) in [6.45, 7) is 2.66. The zero-order chi connectivity index (χ0) is 13.9. The molecule has 20 heavy (non-hydrogen) atoms. The van der Waals surface area contributed by atoms with E-state index in [1.807, 2.05) is 0 Å². The van der Waals surface area contributed by atoms with Crippen molar-refractivity contribution in [2.45, 2.75) is 69.2 Å². The molecule has 0 aromatic heterocycles. The Morgan fingerprint density at radius 3 is 2.60 bits per heavy atom. The van der Waals surface area contributed by atoms with Crippen molar-refractivity contribution in [1.82, 2.24) is 10.2 Å². The number of hydrogen-bond acceptors (Lipinski definition) is 4. The van der Waals surface area contributed by atoms with Gasteiger partial charge < -0.3 is 15.2 Å². The Kier molecular flexibility index (Phi) is 4.58. The summed E-state index contributed by atoms with van der Waals surface area (Å²) in [5.41, 5.74) is 0. The molecule has 0 radical (unpaired) electrons. The number of carbonyl (C=O) groups is 1. The van der Waals surface area contributed by atoms with Gasteiger partial charge in [0.05, 0.1) is 18.2 Å². The third-order valence-electron chi connectivity index (χ3n) is 5.06. The van der Waals surface area contributed by atoms with Gasteiger partial charge in [0, 0.05) is 19.3 Å². The van der Waals surface area contributed by atoms with E-state index in [0.29, 0.717) is 6.04 Å². The van der Waals surface area contributed by atoms with Crippen LogP contribution in [0, 0.1) is 0 Å². The molecule has 5 heteroatoms. The maximum atomic E-state index is 12.5. The first-order chi connectivity index (χ1) is 9.75. The van der Waals surface area contributed by atoms with Gasteiger partial charge in [-0.15, -0.1) is 0 Å². The standard InChI is InChI=1S/C15H26N2O3/c18-14-5-1-3-12(14)16-15(19)13-4-2-8-17(13)11-6-9-20-10-7-11/h11-14,18H,1-10H2,(H,16,19)/t12-,13+,14+/m1/s1. The minimum absolute atomic E-state index is 0.00546. The minimum Gasteiger partial charge on any atom is -0.391 e. The van der Waals surface area contributed by atoms with E-state index in [-0.39, 0.29) is 24.1 Å².